The molecule has 0 spiro atoms. The number of amides is 1. The number of nitrogens with one attached hydrogen (secondary N) is 1. The molecule has 1 saturated heterocycles. The van der Waals surface area contributed by atoms with Gasteiger partial charge >= 0.3 is 0 Å². The molecule has 1 aromatic rings. The number of carbonyl (C=O) groups excluding carboxylic acids is 1. The van der Waals surface area contributed by atoms with Crippen molar-refractivity contribution in [1.29, 1.82) is 0 Å². The van der Waals surface area contributed by atoms with Crippen molar-refractivity contribution >= 4 is 17.7 Å². The maximum atomic E-state index is 12.0. The van der Waals surface area contributed by atoms with Gasteiger partial charge in [-0.25, -0.2) is 0 Å². The van der Waals surface area contributed by atoms with Crippen molar-refractivity contribution in [2.45, 2.75) is 36.0 Å². The Balaban J connectivity index is 1.80. The van der Waals surface area contributed by atoms with Gasteiger partial charge in [-0.05, 0) is 38.0 Å². The van der Waals surface area contributed by atoms with E-state index in [1.165, 1.54) is 11.8 Å². The molecule has 20 heavy (non-hydrogen) atoms. The first kappa shape index (κ1) is 15.2. The van der Waals surface area contributed by atoms with Gasteiger partial charge in [-0.2, -0.15) is 0 Å². The summed E-state index contributed by atoms with van der Waals surface area (Å²) in [5.41, 5.74) is 0. The van der Waals surface area contributed by atoms with Crippen LogP contribution in [0.15, 0.2) is 29.2 Å². The molecule has 0 radical (unpaired) electrons. The monoisotopic (exact) mass is 295 g/mol. The van der Waals surface area contributed by atoms with Gasteiger partial charge in [0, 0.05) is 18.0 Å². The summed E-state index contributed by atoms with van der Waals surface area (Å²) in [6, 6.07) is 7.75. The van der Waals surface area contributed by atoms with Crippen LogP contribution in [0.3, 0.4) is 0 Å². The fourth-order valence-electron chi connectivity index (χ4n) is 2.10. The average Bonchev–Trinajstić information content (AvgIpc) is 2.98. The molecule has 2 atom stereocenters. The number of thioether (sulfide) groups is 1. The minimum Gasteiger partial charge on any atom is -0.497 e. The van der Waals surface area contributed by atoms with E-state index in [0.717, 1.165) is 30.1 Å². The molecule has 1 N–H and O–H groups in total. The number of benzene rings is 1. The van der Waals surface area contributed by atoms with Crippen LogP contribution in [-0.4, -0.2) is 37.5 Å². The smallest absolute Gasteiger partial charge is 0.233 e. The Kier molecular flexibility index (Phi) is 5.73. The van der Waals surface area contributed by atoms with E-state index in [1.54, 1.807) is 7.11 Å². The minimum atomic E-state index is -0.136. The summed E-state index contributed by atoms with van der Waals surface area (Å²) in [5.74, 6) is 0.857. The summed E-state index contributed by atoms with van der Waals surface area (Å²) >= 11 is 1.53. The summed E-state index contributed by atoms with van der Waals surface area (Å²) in [6.07, 6.45) is 2.32. The number of hydrogen-bond donors (Lipinski definition) is 1. The maximum absolute atomic E-state index is 12.0. The molecule has 5 heteroatoms. The minimum absolute atomic E-state index is 0.0494. The van der Waals surface area contributed by atoms with Crippen LogP contribution in [0.2, 0.25) is 0 Å². The largest absolute Gasteiger partial charge is 0.497 e. The highest BCUT2D eigenvalue weighted by Gasteiger charge is 2.19. The zero-order valence-corrected chi connectivity index (χ0v) is 12.7. The van der Waals surface area contributed by atoms with Gasteiger partial charge in [0.25, 0.3) is 0 Å². The lowest BCUT2D eigenvalue weighted by molar-refractivity contribution is -0.120. The molecule has 1 aliphatic rings. The molecule has 1 aromatic carbocycles. The molecule has 2 rings (SSSR count). The van der Waals surface area contributed by atoms with Crippen molar-refractivity contribution in [3.63, 3.8) is 0 Å². The zero-order chi connectivity index (χ0) is 14.4. The van der Waals surface area contributed by atoms with Crippen LogP contribution in [0.5, 0.6) is 5.75 Å². The molecular weight excluding hydrogens is 274 g/mol. The summed E-state index contributed by atoms with van der Waals surface area (Å²) in [5, 5.41) is 2.82. The van der Waals surface area contributed by atoms with Crippen LogP contribution in [0.1, 0.15) is 19.8 Å². The lowest BCUT2D eigenvalue weighted by Crippen LogP contribution is -2.36. The highest BCUT2D eigenvalue weighted by molar-refractivity contribution is 8.00. The Morgan fingerprint density at radius 3 is 3.15 bits per heavy atom. The van der Waals surface area contributed by atoms with Gasteiger partial charge in [-0.1, -0.05) is 6.07 Å². The molecule has 110 valence electrons. The van der Waals surface area contributed by atoms with Crippen LogP contribution in [0.4, 0.5) is 0 Å². The predicted molar refractivity (Wildman–Crippen MR) is 80.3 cm³/mol. The number of ether oxygens (including phenoxy) is 2. The van der Waals surface area contributed by atoms with E-state index in [4.69, 9.17) is 9.47 Å². The second-order valence-electron chi connectivity index (χ2n) is 4.82. The van der Waals surface area contributed by atoms with Crippen molar-refractivity contribution in [3.8, 4) is 5.75 Å². The lowest BCUT2D eigenvalue weighted by atomic mass is 10.2. The van der Waals surface area contributed by atoms with Crippen molar-refractivity contribution in [1.82, 2.24) is 5.32 Å². The first-order chi connectivity index (χ1) is 9.69. The standard InChI is InChI=1S/C15H21NO3S/c1-11(15(17)16-10-13-6-4-8-19-13)20-14-7-3-5-12(9-14)18-2/h3,5,7,9,11,13H,4,6,8,10H2,1-2H3,(H,16,17)/t11-,13-/m0/s1. The number of methoxy groups -OCH3 is 1. The fraction of sp³-hybridized carbons (Fsp3) is 0.533. The molecule has 0 bridgehead atoms. The van der Waals surface area contributed by atoms with Crippen LogP contribution >= 0.6 is 11.8 Å². The highest BCUT2D eigenvalue weighted by Crippen LogP contribution is 2.26. The van der Waals surface area contributed by atoms with Gasteiger partial charge in [-0.15, -0.1) is 11.8 Å². The van der Waals surface area contributed by atoms with Crippen molar-refractivity contribution in [2.75, 3.05) is 20.3 Å². The topological polar surface area (TPSA) is 47.6 Å². The van der Waals surface area contributed by atoms with Crippen LogP contribution < -0.4 is 10.1 Å². The molecule has 1 fully saturated rings. The van der Waals surface area contributed by atoms with Crippen LogP contribution in [0, 0.1) is 0 Å². The van der Waals surface area contributed by atoms with Gasteiger partial charge in [0.1, 0.15) is 5.75 Å². The molecular formula is C15H21NO3S. The maximum Gasteiger partial charge on any atom is 0.233 e. The SMILES string of the molecule is COc1cccc(S[C@@H](C)C(=O)NC[C@@H]2CCCO2)c1. The summed E-state index contributed by atoms with van der Waals surface area (Å²) in [4.78, 5) is 13.1. The Labute approximate surface area is 124 Å². The van der Waals surface area contributed by atoms with Crippen molar-refractivity contribution in [3.05, 3.63) is 24.3 Å². The first-order valence-corrected chi connectivity index (χ1v) is 7.77. The van der Waals surface area contributed by atoms with E-state index in [1.807, 2.05) is 31.2 Å². The van der Waals surface area contributed by atoms with E-state index in [2.05, 4.69) is 5.32 Å². The van der Waals surface area contributed by atoms with Crippen LogP contribution in [-0.2, 0) is 9.53 Å². The van der Waals surface area contributed by atoms with Crippen molar-refractivity contribution in [2.24, 2.45) is 0 Å². The van der Waals surface area contributed by atoms with Gasteiger partial charge < -0.3 is 14.8 Å². The summed E-state index contributed by atoms with van der Waals surface area (Å²) in [6.45, 7) is 3.34. The number of carbonyl (C=O) groups is 1. The molecule has 4 nitrogen and oxygen atoms in total. The number of hydrogen-bond acceptors (Lipinski definition) is 4. The zero-order valence-electron chi connectivity index (χ0n) is 11.9. The Morgan fingerprint density at radius 1 is 1.60 bits per heavy atom. The number of rotatable bonds is 6. The third kappa shape index (κ3) is 4.42. The molecule has 1 amide bonds. The Morgan fingerprint density at radius 2 is 2.45 bits per heavy atom. The van der Waals surface area contributed by atoms with Crippen LogP contribution in [0.25, 0.3) is 0 Å². The van der Waals surface area contributed by atoms with Gasteiger partial charge in [-0.3, -0.25) is 4.79 Å². The Bertz CT molecular complexity index is 446. The van der Waals surface area contributed by atoms with E-state index in [-0.39, 0.29) is 17.3 Å². The second kappa shape index (κ2) is 7.55. The average molecular weight is 295 g/mol. The van der Waals surface area contributed by atoms with E-state index < -0.39 is 0 Å². The molecule has 1 heterocycles. The normalized spacial score (nSPS) is 19.6. The highest BCUT2D eigenvalue weighted by atomic mass is 32.2. The van der Waals surface area contributed by atoms with E-state index in [9.17, 15) is 4.79 Å². The fourth-order valence-corrected chi connectivity index (χ4v) is 3.04. The van der Waals surface area contributed by atoms with Gasteiger partial charge in [0.15, 0.2) is 0 Å². The predicted octanol–water partition coefficient (Wildman–Crippen LogP) is 2.47. The molecule has 1 aliphatic heterocycles. The van der Waals surface area contributed by atoms with E-state index in [0.29, 0.717) is 6.54 Å². The third-order valence-corrected chi connectivity index (χ3v) is 4.34. The summed E-state index contributed by atoms with van der Waals surface area (Å²) < 4.78 is 10.7. The van der Waals surface area contributed by atoms with Gasteiger partial charge in [0.05, 0.1) is 18.5 Å². The molecule has 0 aromatic heterocycles. The Hall–Kier alpha value is -1.20. The van der Waals surface area contributed by atoms with E-state index >= 15 is 0 Å². The van der Waals surface area contributed by atoms with Crippen molar-refractivity contribution < 1.29 is 14.3 Å². The summed E-state index contributed by atoms with van der Waals surface area (Å²) in [7, 11) is 1.64. The molecule has 0 unspecified atom stereocenters. The second-order valence-corrected chi connectivity index (χ2v) is 6.23. The molecule has 0 saturated carbocycles. The molecule has 0 aliphatic carbocycles. The first-order valence-electron chi connectivity index (χ1n) is 6.89. The quantitative estimate of drug-likeness (QED) is 0.819. The third-order valence-electron chi connectivity index (χ3n) is 3.25. The lowest BCUT2D eigenvalue weighted by Gasteiger charge is -2.15. The van der Waals surface area contributed by atoms with Gasteiger partial charge in [0.2, 0.25) is 5.91 Å².